The molecule has 0 aliphatic rings. The average Bonchev–Trinajstić information content (AvgIpc) is 2.38. The molecule has 0 fully saturated rings. The van der Waals surface area contributed by atoms with E-state index in [9.17, 15) is 5.11 Å². The minimum absolute atomic E-state index is 0.218. The largest absolute Gasteiger partial charge is 0.389 e. The van der Waals surface area contributed by atoms with Crippen molar-refractivity contribution in [3.05, 3.63) is 23.9 Å². The lowest BCUT2D eigenvalue weighted by molar-refractivity contribution is 0.0694. The standard InChI is InChI=1S/C13H23N3O2/c1-10(14-2)12-6-5-7-15-13(12)16(3)8-11(17)9-18-4/h5-7,10-11,14,17H,8-9H2,1-4H3. The molecule has 0 aromatic carbocycles. The Morgan fingerprint density at radius 3 is 2.89 bits per heavy atom. The Kier molecular flexibility index (Phi) is 6.04. The maximum absolute atomic E-state index is 9.76. The molecule has 2 atom stereocenters. The highest BCUT2D eigenvalue weighted by atomic mass is 16.5. The Balaban J connectivity index is 2.81. The first kappa shape index (κ1) is 14.9. The molecule has 102 valence electrons. The Morgan fingerprint density at radius 1 is 1.56 bits per heavy atom. The van der Waals surface area contributed by atoms with E-state index in [-0.39, 0.29) is 6.04 Å². The normalized spacial score (nSPS) is 14.3. The van der Waals surface area contributed by atoms with Crippen LogP contribution < -0.4 is 10.2 Å². The molecule has 1 aromatic heterocycles. The van der Waals surface area contributed by atoms with E-state index >= 15 is 0 Å². The summed E-state index contributed by atoms with van der Waals surface area (Å²) >= 11 is 0. The Hall–Kier alpha value is -1.17. The van der Waals surface area contributed by atoms with E-state index in [2.05, 4.69) is 17.2 Å². The number of likely N-dealkylation sites (N-methyl/N-ethyl adjacent to an activating group) is 1. The zero-order chi connectivity index (χ0) is 13.5. The minimum Gasteiger partial charge on any atom is -0.389 e. The number of hydrogen-bond donors (Lipinski definition) is 2. The van der Waals surface area contributed by atoms with Gasteiger partial charge in [0, 0.05) is 38.5 Å². The molecule has 0 saturated heterocycles. The van der Waals surface area contributed by atoms with Crippen LogP contribution in [0.2, 0.25) is 0 Å². The Labute approximate surface area is 109 Å². The van der Waals surface area contributed by atoms with Crippen LogP contribution in [0.25, 0.3) is 0 Å². The molecule has 5 nitrogen and oxygen atoms in total. The van der Waals surface area contributed by atoms with Gasteiger partial charge in [0.1, 0.15) is 5.82 Å². The van der Waals surface area contributed by atoms with E-state index in [4.69, 9.17) is 4.74 Å². The fraction of sp³-hybridized carbons (Fsp3) is 0.615. The van der Waals surface area contributed by atoms with Crippen LogP contribution in [-0.4, -0.2) is 50.6 Å². The van der Waals surface area contributed by atoms with Gasteiger partial charge in [-0.2, -0.15) is 0 Å². The van der Waals surface area contributed by atoms with Crippen molar-refractivity contribution in [2.24, 2.45) is 0 Å². The van der Waals surface area contributed by atoms with Gasteiger partial charge in [-0.3, -0.25) is 0 Å². The number of nitrogens with one attached hydrogen (secondary N) is 1. The van der Waals surface area contributed by atoms with E-state index in [0.29, 0.717) is 13.2 Å². The molecule has 0 bridgehead atoms. The summed E-state index contributed by atoms with van der Waals surface area (Å²) in [5.41, 5.74) is 1.12. The van der Waals surface area contributed by atoms with Gasteiger partial charge in [0.05, 0.1) is 12.7 Å². The molecule has 5 heteroatoms. The summed E-state index contributed by atoms with van der Waals surface area (Å²) in [5.74, 6) is 0.884. The van der Waals surface area contributed by atoms with E-state index in [1.807, 2.05) is 31.1 Å². The summed E-state index contributed by atoms with van der Waals surface area (Å²) in [6.07, 6.45) is 1.25. The fourth-order valence-electron chi connectivity index (χ4n) is 1.87. The first-order valence-corrected chi connectivity index (χ1v) is 6.10. The minimum atomic E-state index is -0.514. The van der Waals surface area contributed by atoms with Crippen molar-refractivity contribution in [2.45, 2.75) is 19.1 Å². The van der Waals surface area contributed by atoms with E-state index in [1.54, 1.807) is 13.3 Å². The third kappa shape index (κ3) is 3.94. The van der Waals surface area contributed by atoms with E-state index < -0.39 is 6.10 Å². The molecule has 0 aliphatic carbocycles. The topological polar surface area (TPSA) is 57.6 Å². The highest BCUT2D eigenvalue weighted by Gasteiger charge is 2.15. The molecule has 0 radical (unpaired) electrons. The lowest BCUT2D eigenvalue weighted by atomic mass is 10.1. The van der Waals surface area contributed by atoms with Crippen LogP contribution in [0.4, 0.5) is 5.82 Å². The smallest absolute Gasteiger partial charge is 0.133 e. The summed E-state index contributed by atoms with van der Waals surface area (Å²) in [6, 6.07) is 4.19. The molecule has 1 heterocycles. The van der Waals surface area contributed by atoms with Crippen LogP contribution in [0.3, 0.4) is 0 Å². The third-order valence-electron chi connectivity index (χ3n) is 2.92. The van der Waals surface area contributed by atoms with Crippen molar-refractivity contribution in [2.75, 3.05) is 39.3 Å². The van der Waals surface area contributed by atoms with Crippen LogP contribution in [0.15, 0.2) is 18.3 Å². The predicted molar refractivity (Wildman–Crippen MR) is 72.9 cm³/mol. The van der Waals surface area contributed by atoms with Gasteiger partial charge < -0.3 is 20.1 Å². The Morgan fingerprint density at radius 2 is 2.28 bits per heavy atom. The average molecular weight is 253 g/mol. The van der Waals surface area contributed by atoms with Gasteiger partial charge in [0.2, 0.25) is 0 Å². The molecule has 0 spiro atoms. The summed E-state index contributed by atoms with van der Waals surface area (Å²) in [6.45, 7) is 2.91. The highest BCUT2D eigenvalue weighted by Crippen LogP contribution is 2.22. The zero-order valence-electron chi connectivity index (χ0n) is 11.6. The summed E-state index contributed by atoms with van der Waals surface area (Å²) in [4.78, 5) is 6.35. The summed E-state index contributed by atoms with van der Waals surface area (Å²) in [5, 5.41) is 13.0. The van der Waals surface area contributed by atoms with Gasteiger partial charge in [0.25, 0.3) is 0 Å². The number of aromatic nitrogens is 1. The quantitative estimate of drug-likeness (QED) is 0.753. The summed E-state index contributed by atoms with van der Waals surface area (Å²) < 4.78 is 4.93. The predicted octanol–water partition coefficient (Wildman–Crippen LogP) is 0.805. The van der Waals surface area contributed by atoms with Gasteiger partial charge in [-0.1, -0.05) is 6.07 Å². The van der Waals surface area contributed by atoms with Crippen LogP contribution >= 0.6 is 0 Å². The lowest BCUT2D eigenvalue weighted by Crippen LogP contribution is -2.33. The maximum atomic E-state index is 9.76. The first-order chi connectivity index (χ1) is 8.60. The monoisotopic (exact) mass is 253 g/mol. The molecule has 0 amide bonds. The Bertz CT molecular complexity index is 360. The molecular weight excluding hydrogens is 230 g/mol. The third-order valence-corrected chi connectivity index (χ3v) is 2.92. The van der Waals surface area contributed by atoms with Crippen molar-refractivity contribution in [3.8, 4) is 0 Å². The zero-order valence-corrected chi connectivity index (χ0v) is 11.6. The van der Waals surface area contributed by atoms with Gasteiger partial charge in [-0.15, -0.1) is 0 Å². The number of anilines is 1. The number of aliphatic hydroxyl groups excluding tert-OH is 1. The summed E-state index contributed by atoms with van der Waals surface area (Å²) in [7, 11) is 5.42. The van der Waals surface area contributed by atoms with Gasteiger partial charge >= 0.3 is 0 Å². The van der Waals surface area contributed by atoms with Crippen molar-refractivity contribution in [1.82, 2.24) is 10.3 Å². The molecule has 1 aromatic rings. The van der Waals surface area contributed by atoms with Crippen molar-refractivity contribution in [3.63, 3.8) is 0 Å². The number of rotatable bonds is 7. The number of aliphatic hydroxyl groups is 1. The second kappa shape index (κ2) is 7.31. The molecule has 0 aliphatic heterocycles. The van der Waals surface area contributed by atoms with Crippen molar-refractivity contribution >= 4 is 5.82 Å². The SMILES string of the molecule is CNC(C)c1cccnc1N(C)CC(O)COC. The molecule has 0 saturated carbocycles. The lowest BCUT2D eigenvalue weighted by Gasteiger charge is -2.25. The molecular formula is C13H23N3O2. The molecule has 2 N–H and O–H groups in total. The van der Waals surface area contributed by atoms with Crippen molar-refractivity contribution in [1.29, 1.82) is 0 Å². The first-order valence-electron chi connectivity index (χ1n) is 6.10. The second-order valence-corrected chi connectivity index (χ2v) is 4.42. The van der Waals surface area contributed by atoms with E-state index in [0.717, 1.165) is 11.4 Å². The van der Waals surface area contributed by atoms with Crippen LogP contribution in [0.5, 0.6) is 0 Å². The molecule has 18 heavy (non-hydrogen) atoms. The second-order valence-electron chi connectivity index (χ2n) is 4.42. The fourth-order valence-corrected chi connectivity index (χ4v) is 1.87. The van der Waals surface area contributed by atoms with Crippen LogP contribution in [-0.2, 0) is 4.74 Å². The van der Waals surface area contributed by atoms with Gasteiger partial charge in [-0.05, 0) is 20.0 Å². The maximum Gasteiger partial charge on any atom is 0.133 e. The van der Waals surface area contributed by atoms with Gasteiger partial charge in [-0.25, -0.2) is 4.98 Å². The van der Waals surface area contributed by atoms with E-state index in [1.165, 1.54) is 0 Å². The number of methoxy groups -OCH3 is 1. The number of pyridine rings is 1. The number of hydrogen-bond acceptors (Lipinski definition) is 5. The van der Waals surface area contributed by atoms with Crippen LogP contribution in [0.1, 0.15) is 18.5 Å². The highest BCUT2D eigenvalue weighted by molar-refractivity contribution is 5.47. The molecule has 2 unspecified atom stereocenters. The number of ether oxygens (including phenoxy) is 1. The van der Waals surface area contributed by atoms with Crippen molar-refractivity contribution < 1.29 is 9.84 Å². The van der Waals surface area contributed by atoms with Gasteiger partial charge in [0.15, 0.2) is 0 Å². The molecule has 1 rings (SSSR count). The number of nitrogens with zero attached hydrogens (tertiary/aromatic N) is 2. The van der Waals surface area contributed by atoms with Crippen LogP contribution in [0, 0.1) is 0 Å².